The largest absolute Gasteiger partial charge is 0.387 e. The number of nitrogens with two attached hydrogens (primary N) is 1. The average Bonchev–Trinajstić information content (AvgIpc) is 2.25. The van der Waals surface area contributed by atoms with Gasteiger partial charge in [0.2, 0.25) is 0 Å². The topological polar surface area (TPSA) is 49.9 Å². The van der Waals surface area contributed by atoms with E-state index >= 15 is 0 Å². The summed E-state index contributed by atoms with van der Waals surface area (Å²) in [5, 5.41) is 7.64. The van der Waals surface area contributed by atoms with E-state index in [1.54, 1.807) is 0 Å². The van der Waals surface area contributed by atoms with E-state index in [-0.39, 0.29) is 11.8 Å². The van der Waals surface area contributed by atoms with E-state index in [2.05, 4.69) is 13.8 Å². The third-order valence-corrected chi connectivity index (χ3v) is 3.78. The molecule has 0 heterocycles. The Morgan fingerprint density at radius 2 is 1.88 bits per heavy atom. The SMILES string of the molecule is CC(C)CSCC(C(=N)N)c1ccccc1. The van der Waals surface area contributed by atoms with Gasteiger partial charge >= 0.3 is 0 Å². The molecule has 1 unspecified atom stereocenters. The standard InChI is InChI=1S/C13H20N2S/c1-10(2)8-16-9-12(13(14)15)11-6-4-3-5-7-11/h3-7,10,12H,8-9H2,1-2H3,(H3,14,15). The van der Waals surface area contributed by atoms with Crippen LogP contribution < -0.4 is 5.73 Å². The second-order valence-corrected chi connectivity index (χ2v) is 5.42. The summed E-state index contributed by atoms with van der Waals surface area (Å²) in [6.07, 6.45) is 0. The molecule has 0 bridgehead atoms. The lowest BCUT2D eigenvalue weighted by molar-refractivity contribution is 0.749. The molecule has 88 valence electrons. The first-order valence-corrected chi connectivity index (χ1v) is 6.73. The minimum Gasteiger partial charge on any atom is -0.387 e. The molecule has 1 atom stereocenters. The van der Waals surface area contributed by atoms with Crippen LogP contribution in [-0.2, 0) is 0 Å². The van der Waals surface area contributed by atoms with E-state index in [1.165, 1.54) is 0 Å². The van der Waals surface area contributed by atoms with Crippen molar-refractivity contribution in [3.63, 3.8) is 0 Å². The lowest BCUT2D eigenvalue weighted by Crippen LogP contribution is -2.22. The molecule has 0 aliphatic carbocycles. The highest BCUT2D eigenvalue weighted by molar-refractivity contribution is 7.99. The predicted octanol–water partition coefficient (Wildman–Crippen LogP) is 3.10. The van der Waals surface area contributed by atoms with Crippen molar-refractivity contribution in [2.24, 2.45) is 11.7 Å². The number of hydrogen-bond donors (Lipinski definition) is 2. The van der Waals surface area contributed by atoms with Gasteiger partial charge in [-0.15, -0.1) is 0 Å². The molecule has 1 rings (SSSR count). The molecule has 2 nitrogen and oxygen atoms in total. The van der Waals surface area contributed by atoms with Crippen molar-refractivity contribution in [2.45, 2.75) is 19.8 Å². The van der Waals surface area contributed by atoms with E-state index in [0.717, 1.165) is 17.1 Å². The van der Waals surface area contributed by atoms with Gasteiger partial charge < -0.3 is 5.73 Å². The van der Waals surface area contributed by atoms with Gasteiger partial charge in [-0.3, -0.25) is 5.41 Å². The second kappa shape index (κ2) is 6.59. The van der Waals surface area contributed by atoms with Crippen LogP contribution in [0, 0.1) is 11.3 Å². The van der Waals surface area contributed by atoms with Gasteiger partial charge in [0.05, 0.1) is 5.84 Å². The van der Waals surface area contributed by atoms with Crippen LogP contribution in [0.4, 0.5) is 0 Å². The van der Waals surface area contributed by atoms with Crippen LogP contribution in [0.1, 0.15) is 25.3 Å². The molecule has 0 amide bonds. The molecule has 16 heavy (non-hydrogen) atoms. The Kier molecular flexibility index (Phi) is 5.39. The van der Waals surface area contributed by atoms with Gasteiger partial charge in [-0.25, -0.2) is 0 Å². The molecule has 0 aliphatic rings. The zero-order valence-electron chi connectivity index (χ0n) is 9.94. The minimum absolute atomic E-state index is 0.0601. The number of amidine groups is 1. The van der Waals surface area contributed by atoms with Crippen molar-refractivity contribution >= 4 is 17.6 Å². The predicted molar refractivity (Wildman–Crippen MR) is 73.3 cm³/mol. The van der Waals surface area contributed by atoms with Gasteiger partial charge in [0.15, 0.2) is 0 Å². The normalized spacial score (nSPS) is 12.7. The number of hydrogen-bond acceptors (Lipinski definition) is 2. The van der Waals surface area contributed by atoms with Crippen LogP contribution in [0.2, 0.25) is 0 Å². The van der Waals surface area contributed by atoms with Crippen molar-refractivity contribution in [1.82, 2.24) is 0 Å². The van der Waals surface area contributed by atoms with Crippen molar-refractivity contribution in [3.05, 3.63) is 35.9 Å². The van der Waals surface area contributed by atoms with Gasteiger partial charge in [-0.1, -0.05) is 44.2 Å². The van der Waals surface area contributed by atoms with Crippen LogP contribution in [-0.4, -0.2) is 17.3 Å². The first-order chi connectivity index (χ1) is 7.61. The van der Waals surface area contributed by atoms with E-state index in [0.29, 0.717) is 5.92 Å². The first-order valence-electron chi connectivity index (χ1n) is 5.58. The molecule has 3 N–H and O–H groups in total. The molecule has 0 saturated heterocycles. The number of nitrogens with one attached hydrogen (secondary N) is 1. The smallest absolute Gasteiger partial charge is 0.0990 e. The monoisotopic (exact) mass is 236 g/mol. The number of thioether (sulfide) groups is 1. The van der Waals surface area contributed by atoms with Gasteiger partial charge in [0, 0.05) is 11.7 Å². The van der Waals surface area contributed by atoms with Crippen LogP contribution in [0.5, 0.6) is 0 Å². The van der Waals surface area contributed by atoms with Gasteiger partial charge in [0.25, 0.3) is 0 Å². The van der Waals surface area contributed by atoms with Crippen molar-refractivity contribution in [3.8, 4) is 0 Å². The maximum absolute atomic E-state index is 7.64. The molecule has 0 radical (unpaired) electrons. The highest BCUT2D eigenvalue weighted by Gasteiger charge is 2.14. The molecular formula is C13H20N2S. The van der Waals surface area contributed by atoms with Gasteiger partial charge in [-0.2, -0.15) is 11.8 Å². The third kappa shape index (κ3) is 4.27. The highest BCUT2D eigenvalue weighted by atomic mass is 32.2. The van der Waals surface area contributed by atoms with Crippen molar-refractivity contribution in [2.75, 3.05) is 11.5 Å². The molecular weight excluding hydrogens is 216 g/mol. The molecule has 0 fully saturated rings. The van der Waals surface area contributed by atoms with Crippen LogP contribution in [0.3, 0.4) is 0 Å². The van der Waals surface area contributed by atoms with E-state index in [1.807, 2.05) is 42.1 Å². The van der Waals surface area contributed by atoms with E-state index < -0.39 is 0 Å². The fraction of sp³-hybridized carbons (Fsp3) is 0.462. The fourth-order valence-corrected chi connectivity index (χ4v) is 2.69. The van der Waals surface area contributed by atoms with Gasteiger partial charge in [-0.05, 0) is 17.2 Å². The molecule has 0 spiro atoms. The quantitative estimate of drug-likeness (QED) is 0.589. The molecule has 3 heteroatoms. The Morgan fingerprint density at radius 3 is 2.38 bits per heavy atom. The zero-order chi connectivity index (χ0) is 12.0. The zero-order valence-corrected chi connectivity index (χ0v) is 10.8. The summed E-state index contributed by atoms with van der Waals surface area (Å²) >= 11 is 1.87. The van der Waals surface area contributed by atoms with Crippen LogP contribution >= 0.6 is 11.8 Å². The second-order valence-electron chi connectivity index (χ2n) is 4.35. The number of benzene rings is 1. The third-order valence-electron chi connectivity index (χ3n) is 2.31. The van der Waals surface area contributed by atoms with Gasteiger partial charge in [0.1, 0.15) is 0 Å². The summed E-state index contributed by atoms with van der Waals surface area (Å²) in [4.78, 5) is 0. The number of rotatable bonds is 6. The molecule has 1 aromatic carbocycles. The summed E-state index contributed by atoms with van der Waals surface area (Å²) in [6, 6.07) is 10.1. The lowest BCUT2D eigenvalue weighted by Gasteiger charge is -2.16. The van der Waals surface area contributed by atoms with Crippen LogP contribution in [0.15, 0.2) is 30.3 Å². The van der Waals surface area contributed by atoms with Crippen molar-refractivity contribution < 1.29 is 0 Å². The Morgan fingerprint density at radius 1 is 1.25 bits per heavy atom. The lowest BCUT2D eigenvalue weighted by atomic mass is 10.0. The Bertz CT molecular complexity index is 322. The molecule has 0 aromatic heterocycles. The summed E-state index contributed by atoms with van der Waals surface area (Å²) in [5.74, 6) is 3.04. The summed E-state index contributed by atoms with van der Waals surface area (Å²) in [6.45, 7) is 4.41. The van der Waals surface area contributed by atoms with Crippen LogP contribution in [0.25, 0.3) is 0 Å². The fourth-order valence-electron chi connectivity index (χ4n) is 1.47. The summed E-state index contributed by atoms with van der Waals surface area (Å²) in [5.41, 5.74) is 6.80. The van der Waals surface area contributed by atoms with E-state index in [4.69, 9.17) is 11.1 Å². The highest BCUT2D eigenvalue weighted by Crippen LogP contribution is 2.21. The van der Waals surface area contributed by atoms with E-state index in [9.17, 15) is 0 Å². The first kappa shape index (κ1) is 13.1. The summed E-state index contributed by atoms with van der Waals surface area (Å²) in [7, 11) is 0. The van der Waals surface area contributed by atoms with Crippen molar-refractivity contribution in [1.29, 1.82) is 5.41 Å². The maximum atomic E-state index is 7.64. The Balaban J connectivity index is 2.59. The molecule has 0 aliphatic heterocycles. The molecule has 0 saturated carbocycles. The maximum Gasteiger partial charge on any atom is 0.0990 e. The molecule has 1 aromatic rings. The Labute approximate surface area is 102 Å². The Hall–Kier alpha value is -0.960. The summed E-state index contributed by atoms with van der Waals surface area (Å²) < 4.78 is 0. The minimum atomic E-state index is 0.0601. The average molecular weight is 236 g/mol.